The smallest absolute Gasteiger partial charge is 0.323 e. The van der Waals surface area contributed by atoms with Crippen LogP contribution in [0.1, 0.15) is 30.9 Å². The molecule has 1 heterocycles. The predicted octanol–water partition coefficient (Wildman–Crippen LogP) is 3.26. The molecule has 41 heavy (non-hydrogen) atoms. The monoisotopic (exact) mass is 648 g/mol. The van der Waals surface area contributed by atoms with Crippen LogP contribution in [-0.2, 0) is 29.6 Å². The molecule has 0 bridgehead atoms. The number of hydrogen-bond acceptors (Lipinski definition) is 8. The first-order valence-corrected chi connectivity index (χ1v) is 16.3. The van der Waals surface area contributed by atoms with Gasteiger partial charge in [-0.1, -0.05) is 42.0 Å². The van der Waals surface area contributed by atoms with E-state index in [2.05, 4.69) is 0 Å². The van der Waals surface area contributed by atoms with E-state index >= 15 is 0 Å². The van der Waals surface area contributed by atoms with Crippen LogP contribution in [0.15, 0.2) is 48.5 Å². The molecule has 0 spiro atoms. The maximum absolute atomic E-state index is 13.2. The summed E-state index contributed by atoms with van der Waals surface area (Å²) in [5, 5.41) is 7.76. The number of hydrogen-bond donors (Lipinski definition) is 2. The second kappa shape index (κ2) is 14.9. The second-order valence-electron chi connectivity index (χ2n) is 9.13. The predicted molar refractivity (Wildman–Crippen MR) is 163 cm³/mol. The van der Waals surface area contributed by atoms with E-state index in [0.717, 1.165) is 4.31 Å². The van der Waals surface area contributed by atoms with Crippen molar-refractivity contribution in [3.8, 4) is 5.75 Å². The standard InChI is InChI=1S/C26H33ClN4O7S2.ClH/c1-3-37-25(32)18-40(35,36)31(13-5-7-19-6-4-8-20(16-19)26(28)29)21-9-10-24(23(27)17-21)38-22-11-14-30(15-12-22)39(2,33)34;/h4-10,16-17,22H,3,11-15,18H2,1-2H3,(H3,28,29);1H/b7-5+;. The van der Waals surface area contributed by atoms with Crippen LogP contribution in [0.4, 0.5) is 5.69 Å². The van der Waals surface area contributed by atoms with Gasteiger partial charge in [0.25, 0.3) is 0 Å². The third-order valence-corrected chi connectivity index (χ3v) is 9.32. The van der Waals surface area contributed by atoms with Crippen molar-refractivity contribution in [2.45, 2.75) is 25.9 Å². The van der Waals surface area contributed by atoms with E-state index in [1.807, 2.05) is 0 Å². The van der Waals surface area contributed by atoms with Crippen LogP contribution in [0.3, 0.4) is 0 Å². The molecule has 11 nitrogen and oxygen atoms in total. The lowest BCUT2D eigenvalue weighted by molar-refractivity contribution is -0.139. The highest BCUT2D eigenvalue weighted by atomic mass is 35.5. The SMILES string of the molecule is CCOC(=O)CS(=O)(=O)N(C/C=C/c1cccc(C(=N)N)c1)c1ccc(OC2CCN(S(C)(=O)=O)CC2)c(Cl)c1.Cl. The Morgan fingerprint density at radius 1 is 1.17 bits per heavy atom. The highest BCUT2D eigenvalue weighted by molar-refractivity contribution is 7.93. The maximum Gasteiger partial charge on any atom is 0.323 e. The van der Waals surface area contributed by atoms with Crippen LogP contribution in [-0.4, -0.2) is 77.3 Å². The van der Waals surface area contributed by atoms with Crippen molar-refractivity contribution in [1.29, 1.82) is 5.41 Å². The zero-order valence-corrected chi connectivity index (χ0v) is 25.9. The number of esters is 1. The molecule has 0 radical (unpaired) electrons. The number of anilines is 1. The van der Waals surface area contributed by atoms with Gasteiger partial charge in [0.05, 0.1) is 30.1 Å². The van der Waals surface area contributed by atoms with Gasteiger partial charge in [0.1, 0.15) is 17.7 Å². The normalized spacial score (nSPS) is 14.8. The minimum absolute atomic E-state index is 0. The Hall–Kier alpha value is -2.84. The zero-order chi connectivity index (χ0) is 29.5. The molecule has 1 aliphatic rings. The van der Waals surface area contributed by atoms with Gasteiger partial charge in [-0.2, -0.15) is 0 Å². The molecule has 1 fully saturated rings. The Labute approximate surface area is 252 Å². The minimum atomic E-state index is -4.16. The number of amidine groups is 1. The Morgan fingerprint density at radius 2 is 1.85 bits per heavy atom. The number of rotatable bonds is 12. The van der Waals surface area contributed by atoms with E-state index in [4.69, 9.17) is 32.2 Å². The van der Waals surface area contributed by atoms with Gasteiger partial charge >= 0.3 is 5.97 Å². The highest BCUT2D eigenvalue weighted by Gasteiger charge is 2.28. The summed E-state index contributed by atoms with van der Waals surface area (Å²) in [4.78, 5) is 12.1. The zero-order valence-electron chi connectivity index (χ0n) is 22.7. The minimum Gasteiger partial charge on any atom is -0.489 e. The van der Waals surface area contributed by atoms with E-state index in [1.165, 1.54) is 22.7 Å². The average molecular weight is 650 g/mol. The molecule has 1 saturated heterocycles. The Balaban J connectivity index is 0.00000588. The lowest BCUT2D eigenvalue weighted by Crippen LogP contribution is -2.41. The number of carbonyl (C=O) groups excluding carboxylic acids is 1. The number of carbonyl (C=O) groups is 1. The summed E-state index contributed by atoms with van der Waals surface area (Å²) in [6.45, 7) is 2.18. The molecule has 0 saturated carbocycles. The molecular weight excluding hydrogens is 615 g/mol. The van der Waals surface area contributed by atoms with Crippen molar-refractivity contribution in [1.82, 2.24) is 4.31 Å². The van der Waals surface area contributed by atoms with Crippen molar-refractivity contribution in [2.24, 2.45) is 5.73 Å². The van der Waals surface area contributed by atoms with Gasteiger partial charge in [-0.3, -0.25) is 14.5 Å². The van der Waals surface area contributed by atoms with Crippen LogP contribution < -0.4 is 14.8 Å². The quantitative estimate of drug-likeness (QED) is 0.201. The number of halogens is 2. The van der Waals surface area contributed by atoms with Gasteiger partial charge in [-0.25, -0.2) is 21.1 Å². The number of nitrogen functional groups attached to an aromatic ring is 1. The number of sulfonamides is 2. The van der Waals surface area contributed by atoms with Gasteiger partial charge in [-0.05, 0) is 49.6 Å². The van der Waals surface area contributed by atoms with Gasteiger partial charge in [0.2, 0.25) is 20.0 Å². The molecule has 3 N–H and O–H groups in total. The number of benzene rings is 2. The van der Waals surface area contributed by atoms with Crippen molar-refractivity contribution < 1.29 is 31.1 Å². The molecule has 2 aromatic carbocycles. The summed E-state index contributed by atoms with van der Waals surface area (Å²) >= 11 is 6.48. The largest absolute Gasteiger partial charge is 0.489 e. The fourth-order valence-corrected chi connectivity index (χ4v) is 6.48. The molecule has 0 atom stereocenters. The van der Waals surface area contributed by atoms with Gasteiger partial charge in [-0.15, -0.1) is 12.4 Å². The van der Waals surface area contributed by atoms with Crippen molar-refractivity contribution in [2.75, 3.05) is 42.6 Å². The number of nitrogens with two attached hydrogens (primary N) is 1. The van der Waals surface area contributed by atoms with Crippen LogP contribution >= 0.6 is 24.0 Å². The first kappa shape index (κ1) is 34.4. The van der Waals surface area contributed by atoms with E-state index in [9.17, 15) is 21.6 Å². The molecule has 226 valence electrons. The van der Waals surface area contributed by atoms with E-state index < -0.39 is 31.8 Å². The number of nitrogens with one attached hydrogen (secondary N) is 1. The van der Waals surface area contributed by atoms with Crippen LogP contribution in [0.5, 0.6) is 5.75 Å². The van der Waals surface area contributed by atoms with E-state index in [1.54, 1.807) is 49.4 Å². The summed E-state index contributed by atoms with van der Waals surface area (Å²) in [5.41, 5.74) is 7.00. The summed E-state index contributed by atoms with van der Waals surface area (Å²) in [5.74, 6) is -1.49. The van der Waals surface area contributed by atoms with E-state index in [-0.39, 0.29) is 48.2 Å². The summed E-state index contributed by atoms with van der Waals surface area (Å²) in [7, 11) is -7.43. The topological polar surface area (TPSA) is 160 Å². The number of nitrogens with zero attached hydrogens (tertiary/aromatic N) is 2. The molecule has 1 aliphatic heterocycles. The summed E-state index contributed by atoms with van der Waals surface area (Å²) in [6, 6.07) is 11.4. The van der Waals surface area contributed by atoms with Crippen LogP contribution in [0.25, 0.3) is 6.08 Å². The van der Waals surface area contributed by atoms with Crippen molar-refractivity contribution in [3.63, 3.8) is 0 Å². The Kier molecular flexibility index (Phi) is 12.5. The first-order chi connectivity index (χ1) is 18.8. The third kappa shape index (κ3) is 9.89. The van der Waals surface area contributed by atoms with Gasteiger partial charge in [0, 0.05) is 18.7 Å². The molecule has 0 amide bonds. The molecule has 0 aromatic heterocycles. The van der Waals surface area contributed by atoms with Gasteiger partial charge in [0.15, 0.2) is 5.75 Å². The second-order valence-corrected chi connectivity index (χ2v) is 13.4. The van der Waals surface area contributed by atoms with Gasteiger partial charge < -0.3 is 15.2 Å². The maximum atomic E-state index is 13.2. The Morgan fingerprint density at radius 3 is 2.44 bits per heavy atom. The summed E-state index contributed by atoms with van der Waals surface area (Å²) < 4.78 is 63.3. The lowest BCUT2D eigenvalue weighted by Gasteiger charge is -2.31. The Bertz CT molecular complexity index is 1480. The fourth-order valence-electron chi connectivity index (χ4n) is 4.11. The molecule has 15 heteroatoms. The molecule has 0 unspecified atom stereocenters. The molecule has 0 aliphatic carbocycles. The lowest BCUT2D eigenvalue weighted by atomic mass is 10.1. The number of ether oxygens (including phenoxy) is 2. The number of piperidine rings is 1. The molecule has 3 rings (SSSR count). The third-order valence-electron chi connectivity index (χ3n) is 6.09. The molecule has 2 aromatic rings. The van der Waals surface area contributed by atoms with Crippen LogP contribution in [0.2, 0.25) is 5.02 Å². The first-order valence-electron chi connectivity index (χ1n) is 12.5. The highest BCUT2D eigenvalue weighted by Crippen LogP contribution is 2.33. The van der Waals surface area contributed by atoms with Crippen molar-refractivity contribution in [3.05, 3.63) is 64.7 Å². The van der Waals surface area contributed by atoms with E-state index in [0.29, 0.717) is 42.8 Å². The summed E-state index contributed by atoms with van der Waals surface area (Å²) in [6.07, 6.45) is 5.18. The van der Waals surface area contributed by atoms with Crippen LogP contribution in [0, 0.1) is 5.41 Å². The fraction of sp³-hybridized carbons (Fsp3) is 0.385. The van der Waals surface area contributed by atoms with Crippen molar-refractivity contribution >= 4 is 67.6 Å². The average Bonchev–Trinajstić information content (AvgIpc) is 2.87. The molecular formula is C26H34Cl2N4O7S2.